The minimum Gasteiger partial charge on any atom is -0.481 e. The van der Waals surface area contributed by atoms with E-state index < -0.39 is 11.6 Å². The summed E-state index contributed by atoms with van der Waals surface area (Å²) in [6.07, 6.45) is 3.93. The van der Waals surface area contributed by atoms with Gasteiger partial charge in [-0.15, -0.1) is 0 Å². The minimum atomic E-state index is -0.788. The Balaban J connectivity index is 2.02. The van der Waals surface area contributed by atoms with E-state index in [4.69, 9.17) is 5.11 Å². The standard InChI is InChI=1S/C13H20N2O3/c1-9-10(2)15(8-14-9)7-13(18)5-3-11(4-6-13)12(16)17/h8,11,18H,3-7H2,1-2H3,(H,16,17). The Kier molecular flexibility index (Phi) is 3.43. The zero-order valence-corrected chi connectivity index (χ0v) is 10.9. The quantitative estimate of drug-likeness (QED) is 0.855. The lowest BCUT2D eigenvalue weighted by Gasteiger charge is -2.35. The smallest absolute Gasteiger partial charge is 0.306 e. The minimum absolute atomic E-state index is 0.295. The molecular weight excluding hydrogens is 232 g/mol. The maximum absolute atomic E-state index is 10.9. The van der Waals surface area contributed by atoms with Crippen molar-refractivity contribution in [3.63, 3.8) is 0 Å². The van der Waals surface area contributed by atoms with Crippen LogP contribution in [0.4, 0.5) is 0 Å². The lowest BCUT2D eigenvalue weighted by Crippen LogP contribution is -2.39. The normalized spacial score (nSPS) is 28.3. The van der Waals surface area contributed by atoms with E-state index in [1.807, 2.05) is 18.4 Å². The molecule has 0 saturated heterocycles. The van der Waals surface area contributed by atoms with Crippen LogP contribution in [-0.4, -0.2) is 31.3 Å². The van der Waals surface area contributed by atoms with Gasteiger partial charge in [-0.3, -0.25) is 4.79 Å². The third-order valence-corrected chi connectivity index (χ3v) is 4.08. The maximum atomic E-state index is 10.9. The summed E-state index contributed by atoms with van der Waals surface area (Å²) in [5, 5.41) is 19.5. The van der Waals surface area contributed by atoms with Crippen molar-refractivity contribution >= 4 is 5.97 Å². The summed E-state index contributed by atoms with van der Waals surface area (Å²) in [4.78, 5) is 15.1. The Hall–Kier alpha value is -1.36. The number of carboxylic acid groups (broad SMARTS) is 1. The van der Waals surface area contributed by atoms with Gasteiger partial charge >= 0.3 is 5.97 Å². The van der Waals surface area contributed by atoms with Gasteiger partial charge in [0.25, 0.3) is 0 Å². The second kappa shape index (κ2) is 4.72. The van der Waals surface area contributed by atoms with Crippen molar-refractivity contribution in [1.29, 1.82) is 0 Å². The average Bonchev–Trinajstić information content (AvgIpc) is 2.61. The molecule has 1 aromatic heterocycles. The van der Waals surface area contributed by atoms with Crippen molar-refractivity contribution in [3.05, 3.63) is 17.7 Å². The molecule has 0 amide bonds. The molecule has 0 spiro atoms. The Bertz CT molecular complexity index is 445. The number of imidazole rings is 1. The van der Waals surface area contributed by atoms with Gasteiger partial charge in [0.05, 0.1) is 30.1 Å². The lowest BCUT2D eigenvalue weighted by atomic mass is 9.78. The van der Waals surface area contributed by atoms with Crippen LogP contribution in [0.2, 0.25) is 0 Å². The third-order valence-electron chi connectivity index (χ3n) is 4.08. The molecular formula is C13H20N2O3. The van der Waals surface area contributed by atoms with E-state index in [9.17, 15) is 9.90 Å². The van der Waals surface area contributed by atoms with Gasteiger partial charge < -0.3 is 14.8 Å². The highest BCUT2D eigenvalue weighted by molar-refractivity contribution is 5.70. The first kappa shape index (κ1) is 13.1. The number of nitrogens with zero attached hydrogens (tertiary/aromatic N) is 2. The molecule has 0 radical (unpaired) electrons. The maximum Gasteiger partial charge on any atom is 0.306 e. The summed E-state index contributed by atoms with van der Waals surface area (Å²) >= 11 is 0. The van der Waals surface area contributed by atoms with Crippen molar-refractivity contribution in [2.24, 2.45) is 5.92 Å². The topological polar surface area (TPSA) is 75.3 Å². The van der Waals surface area contributed by atoms with Crippen LogP contribution in [0.1, 0.15) is 37.1 Å². The van der Waals surface area contributed by atoms with Gasteiger partial charge in [0.1, 0.15) is 0 Å². The second-order valence-corrected chi connectivity index (χ2v) is 5.38. The van der Waals surface area contributed by atoms with Crippen LogP contribution < -0.4 is 0 Å². The predicted molar refractivity (Wildman–Crippen MR) is 66.2 cm³/mol. The highest BCUT2D eigenvalue weighted by atomic mass is 16.4. The summed E-state index contributed by atoms with van der Waals surface area (Å²) in [6.45, 7) is 4.43. The number of aliphatic carboxylic acids is 1. The van der Waals surface area contributed by atoms with E-state index >= 15 is 0 Å². The fraction of sp³-hybridized carbons (Fsp3) is 0.692. The summed E-state index contributed by atoms with van der Waals surface area (Å²) in [6, 6.07) is 0. The van der Waals surface area contributed by atoms with Crippen LogP contribution >= 0.6 is 0 Å². The highest BCUT2D eigenvalue weighted by Gasteiger charge is 2.36. The van der Waals surface area contributed by atoms with Gasteiger partial charge in [-0.2, -0.15) is 0 Å². The lowest BCUT2D eigenvalue weighted by molar-refractivity contribution is -0.145. The average molecular weight is 252 g/mol. The number of aryl methyl sites for hydroxylation is 1. The van der Waals surface area contributed by atoms with Crippen molar-refractivity contribution in [3.8, 4) is 0 Å². The number of aromatic nitrogens is 2. The monoisotopic (exact) mass is 252 g/mol. The Morgan fingerprint density at radius 2 is 2.11 bits per heavy atom. The van der Waals surface area contributed by atoms with Crippen LogP contribution in [-0.2, 0) is 11.3 Å². The van der Waals surface area contributed by atoms with E-state index in [0.29, 0.717) is 32.2 Å². The molecule has 1 heterocycles. The van der Waals surface area contributed by atoms with E-state index in [0.717, 1.165) is 11.4 Å². The SMILES string of the molecule is Cc1ncn(CC2(O)CCC(C(=O)O)CC2)c1C. The second-order valence-electron chi connectivity index (χ2n) is 5.38. The van der Waals surface area contributed by atoms with Gasteiger partial charge in [0.15, 0.2) is 0 Å². The van der Waals surface area contributed by atoms with Gasteiger partial charge in [-0.05, 0) is 39.5 Å². The molecule has 1 aliphatic rings. The van der Waals surface area contributed by atoms with E-state index in [1.54, 1.807) is 6.33 Å². The molecule has 1 fully saturated rings. The number of hydrogen-bond acceptors (Lipinski definition) is 3. The van der Waals surface area contributed by atoms with Gasteiger partial charge in [0, 0.05) is 5.69 Å². The number of hydrogen-bond donors (Lipinski definition) is 2. The van der Waals surface area contributed by atoms with Crippen LogP contribution in [0.15, 0.2) is 6.33 Å². The molecule has 18 heavy (non-hydrogen) atoms. The summed E-state index contributed by atoms with van der Waals surface area (Å²) in [5.74, 6) is -1.04. The molecule has 5 nitrogen and oxygen atoms in total. The first-order chi connectivity index (χ1) is 8.41. The van der Waals surface area contributed by atoms with E-state index in [1.165, 1.54) is 0 Å². The summed E-state index contributed by atoms with van der Waals surface area (Å²) in [7, 11) is 0. The van der Waals surface area contributed by atoms with Crippen molar-refractivity contribution < 1.29 is 15.0 Å². The molecule has 0 bridgehead atoms. The highest BCUT2D eigenvalue weighted by Crippen LogP contribution is 2.33. The molecule has 2 rings (SSSR count). The zero-order valence-electron chi connectivity index (χ0n) is 10.9. The molecule has 0 atom stereocenters. The van der Waals surface area contributed by atoms with Gasteiger partial charge in [0.2, 0.25) is 0 Å². The first-order valence-corrected chi connectivity index (χ1v) is 6.35. The fourth-order valence-corrected chi connectivity index (χ4v) is 2.58. The summed E-state index contributed by atoms with van der Waals surface area (Å²) in [5.41, 5.74) is 1.24. The Morgan fingerprint density at radius 1 is 1.50 bits per heavy atom. The number of aliphatic hydroxyl groups is 1. The number of rotatable bonds is 3. The Morgan fingerprint density at radius 3 is 2.56 bits per heavy atom. The van der Waals surface area contributed by atoms with Gasteiger partial charge in [-0.1, -0.05) is 0 Å². The van der Waals surface area contributed by atoms with E-state index in [2.05, 4.69) is 4.98 Å². The predicted octanol–water partition coefficient (Wildman–Crippen LogP) is 1.51. The van der Waals surface area contributed by atoms with Crippen LogP contribution in [0.5, 0.6) is 0 Å². The van der Waals surface area contributed by atoms with Crippen molar-refractivity contribution in [2.75, 3.05) is 0 Å². The number of carboxylic acids is 1. The van der Waals surface area contributed by atoms with Crippen LogP contribution in [0.25, 0.3) is 0 Å². The fourth-order valence-electron chi connectivity index (χ4n) is 2.58. The molecule has 0 unspecified atom stereocenters. The Labute approximate surface area is 106 Å². The molecule has 1 aromatic rings. The van der Waals surface area contributed by atoms with E-state index in [-0.39, 0.29) is 5.92 Å². The molecule has 2 N–H and O–H groups in total. The molecule has 0 aromatic carbocycles. The van der Waals surface area contributed by atoms with Crippen molar-refractivity contribution in [1.82, 2.24) is 9.55 Å². The zero-order chi connectivity index (χ0) is 13.3. The molecule has 1 aliphatic carbocycles. The molecule has 1 saturated carbocycles. The van der Waals surface area contributed by atoms with Gasteiger partial charge in [-0.25, -0.2) is 4.98 Å². The van der Waals surface area contributed by atoms with Crippen LogP contribution in [0.3, 0.4) is 0 Å². The third kappa shape index (κ3) is 2.56. The molecule has 100 valence electrons. The van der Waals surface area contributed by atoms with Crippen molar-refractivity contribution in [2.45, 2.75) is 51.7 Å². The first-order valence-electron chi connectivity index (χ1n) is 6.35. The summed E-state index contributed by atoms with van der Waals surface area (Å²) < 4.78 is 1.95. The largest absolute Gasteiger partial charge is 0.481 e. The molecule has 0 aliphatic heterocycles. The number of carbonyl (C=O) groups is 1. The molecule has 5 heteroatoms. The van der Waals surface area contributed by atoms with Crippen LogP contribution in [0, 0.1) is 19.8 Å².